The van der Waals surface area contributed by atoms with Crippen LogP contribution >= 0.6 is 0 Å². The van der Waals surface area contributed by atoms with E-state index < -0.39 is 10.0 Å². The maximum Gasteiger partial charge on any atom is 0.244 e. The van der Waals surface area contributed by atoms with Gasteiger partial charge < -0.3 is 15.4 Å². The van der Waals surface area contributed by atoms with Gasteiger partial charge in [-0.2, -0.15) is 0 Å². The monoisotopic (exact) mass is 313 g/mol. The maximum absolute atomic E-state index is 12.4. The number of nitrogens with one attached hydrogen (secondary N) is 1. The molecule has 0 unspecified atom stereocenters. The first-order valence-corrected chi connectivity index (χ1v) is 8.58. The van der Waals surface area contributed by atoms with Crippen molar-refractivity contribution in [3.05, 3.63) is 17.7 Å². The Morgan fingerprint density at radius 3 is 2.62 bits per heavy atom. The van der Waals surface area contributed by atoms with Crippen LogP contribution in [-0.2, 0) is 10.0 Å². The summed E-state index contributed by atoms with van der Waals surface area (Å²) in [6.45, 7) is 5.02. The van der Waals surface area contributed by atoms with Crippen molar-refractivity contribution < 1.29 is 13.2 Å². The van der Waals surface area contributed by atoms with E-state index in [2.05, 4.69) is 9.62 Å². The molecule has 0 bridgehead atoms. The fourth-order valence-electron chi connectivity index (χ4n) is 2.47. The van der Waals surface area contributed by atoms with Gasteiger partial charge in [0.2, 0.25) is 10.0 Å². The largest absolute Gasteiger partial charge is 0.495 e. The van der Waals surface area contributed by atoms with E-state index in [0.29, 0.717) is 18.0 Å². The SMILES string of the molecule is COc1cc(C)c(N)cc1S(=O)(=O)NCCN1CCCC1. The molecule has 1 heterocycles. The summed E-state index contributed by atoms with van der Waals surface area (Å²) in [6.07, 6.45) is 2.38. The summed E-state index contributed by atoms with van der Waals surface area (Å²) in [5.74, 6) is 0.315. The number of aryl methyl sites for hydroxylation is 1. The molecule has 7 heteroatoms. The number of likely N-dealkylation sites (tertiary alicyclic amines) is 1. The molecule has 0 spiro atoms. The minimum Gasteiger partial charge on any atom is -0.495 e. The smallest absolute Gasteiger partial charge is 0.244 e. The molecule has 1 aromatic rings. The first-order chi connectivity index (χ1) is 9.94. The highest BCUT2D eigenvalue weighted by Crippen LogP contribution is 2.28. The Bertz CT molecular complexity index is 596. The average molecular weight is 313 g/mol. The van der Waals surface area contributed by atoms with Crippen LogP contribution in [0.5, 0.6) is 5.75 Å². The normalized spacial score (nSPS) is 16.3. The summed E-state index contributed by atoms with van der Waals surface area (Å²) >= 11 is 0. The Kier molecular flexibility index (Phi) is 5.08. The molecule has 0 radical (unpaired) electrons. The van der Waals surface area contributed by atoms with Gasteiger partial charge in [0.15, 0.2) is 0 Å². The molecular formula is C14H23N3O3S. The number of ether oxygens (including phenoxy) is 1. The molecule has 6 nitrogen and oxygen atoms in total. The molecule has 118 valence electrons. The van der Waals surface area contributed by atoms with Crippen molar-refractivity contribution in [2.24, 2.45) is 0 Å². The molecule has 1 aromatic carbocycles. The van der Waals surface area contributed by atoms with E-state index in [1.807, 2.05) is 6.92 Å². The van der Waals surface area contributed by atoms with Gasteiger partial charge in [-0.15, -0.1) is 0 Å². The second-order valence-corrected chi connectivity index (χ2v) is 7.04. The molecule has 0 aromatic heterocycles. The zero-order valence-electron chi connectivity index (χ0n) is 12.6. The minimum atomic E-state index is -3.62. The second kappa shape index (κ2) is 6.64. The lowest BCUT2D eigenvalue weighted by atomic mass is 10.2. The highest BCUT2D eigenvalue weighted by molar-refractivity contribution is 7.89. The molecule has 0 amide bonds. The van der Waals surface area contributed by atoms with E-state index >= 15 is 0 Å². The van der Waals surface area contributed by atoms with E-state index in [4.69, 9.17) is 10.5 Å². The van der Waals surface area contributed by atoms with E-state index in [9.17, 15) is 8.42 Å². The fraction of sp³-hybridized carbons (Fsp3) is 0.571. The average Bonchev–Trinajstić information content (AvgIpc) is 2.94. The molecule has 3 N–H and O–H groups in total. The van der Waals surface area contributed by atoms with Crippen molar-refractivity contribution in [1.29, 1.82) is 0 Å². The van der Waals surface area contributed by atoms with E-state index in [0.717, 1.165) is 25.2 Å². The maximum atomic E-state index is 12.4. The number of sulfonamides is 1. The standard InChI is InChI=1S/C14H23N3O3S/c1-11-9-13(20-2)14(10-12(11)15)21(18,19)16-5-8-17-6-3-4-7-17/h9-10,16H,3-8,15H2,1-2H3. The van der Waals surface area contributed by atoms with Gasteiger partial charge in [-0.25, -0.2) is 13.1 Å². The molecule has 21 heavy (non-hydrogen) atoms. The minimum absolute atomic E-state index is 0.0921. The lowest BCUT2D eigenvalue weighted by Gasteiger charge is -2.16. The van der Waals surface area contributed by atoms with Crippen molar-refractivity contribution >= 4 is 15.7 Å². The number of benzene rings is 1. The van der Waals surface area contributed by atoms with Gasteiger partial charge in [0.25, 0.3) is 0 Å². The number of hydrogen-bond donors (Lipinski definition) is 2. The summed E-state index contributed by atoms with van der Waals surface area (Å²) in [5.41, 5.74) is 7.05. The molecule has 0 saturated carbocycles. The Morgan fingerprint density at radius 1 is 1.33 bits per heavy atom. The number of methoxy groups -OCH3 is 1. The summed E-state index contributed by atoms with van der Waals surface area (Å²) in [7, 11) is -2.16. The Morgan fingerprint density at radius 2 is 2.00 bits per heavy atom. The molecule has 1 saturated heterocycles. The van der Waals surface area contributed by atoms with Gasteiger partial charge in [0.1, 0.15) is 10.6 Å². The lowest BCUT2D eigenvalue weighted by molar-refractivity contribution is 0.344. The van der Waals surface area contributed by atoms with E-state index in [1.165, 1.54) is 26.0 Å². The van der Waals surface area contributed by atoms with Crippen LogP contribution in [-0.4, -0.2) is 46.6 Å². The number of nitrogen functional groups attached to an aromatic ring is 1. The van der Waals surface area contributed by atoms with E-state index in [-0.39, 0.29) is 4.90 Å². The first-order valence-electron chi connectivity index (χ1n) is 7.10. The quantitative estimate of drug-likeness (QED) is 0.764. The van der Waals surface area contributed by atoms with Crippen molar-refractivity contribution in [2.45, 2.75) is 24.7 Å². The van der Waals surface area contributed by atoms with Crippen LogP contribution in [0.2, 0.25) is 0 Å². The van der Waals surface area contributed by atoms with Crippen molar-refractivity contribution in [2.75, 3.05) is 39.0 Å². The molecule has 0 atom stereocenters. The summed E-state index contributed by atoms with van der Waals surface area (Å²) in [4.78, 5) is 2.35. The lowest BCUT2D eigenvalue weighted by Crippen LogP contribution is -2.33. The third-order valence-electron chi connectivity index (χ3n) is 3.76. The van der Waals surface area contributed by atoms with Crippen LogP contribution in [0.25, 0.3) is 0 Å². The van der Waals surface area contributed by atoms with Crippen molar-refractivity contribution in [3.8, 4) is 5.75 Å². The molecule has 0 aliphatic carbocycles. The predicted molar refractivity (Wildman–Crippen MR) is 83.0 cm³/mol. The third kappa shape index (κ3) is 3.87. The van der Waals surface area contributed by atoms with Crippen molar-refractivity contribution in [1.82, 2.24) is 9.62 Å². The number of nitrogens with two attached hydrogens (primary N) is 1. The zero-order valence-corrected chi connectivity index (χ0v) is 13.4. The Hall–Kier alpha value is -1.31. The number of nitrogens with zero attached hydrogens (tertiary/aromatic N) is 1. The van der Waals surface area contributed by atoms with Gasteiger partial charge >= 0.3 is 0 Å². The third-order valence-corrected chi connectivity index (χ3v) is 5.24. The topological polar surface area (TPSA) is 84.7 Å². The van der Waals surface area contributed by atoms with Crippen LogP contribution in [0.4, 0.5) is 5.69 Å². The number of rotatable bonds is 6. The Balaban J connectivity index is 2.09. The highest BCUT2D eigenvalue weighted by atomic mass is 32.2. The van der Waals surface area contributed by atoms with Crippen molar-refractivity contribution in [3.63, 3.8) is 0 Å². The van der Waals surface area contributed by atoms with Gasteiger partial charge in [-0.3, -0.25) is 0 Å². The van der Waals surface area contributed by atoms with Crippen LogP contribution in [0.15, 0.2) is 17.0 Å². The molecule has 1 aliphatic heterocycles. The highest BCUT2D eigenvalue weighted by Gasteiger charge is 2.21. The number of anilines is 1. The van der Waals surface area contributed by atoms with Crippen LogP contribution in [0.1, 0.15) is 18.4 Å². The molecule has 1 fully saturated rings. The van der Waals surface area contributed by atoms with Gasteiger partial charge in [-0.05, 0) is 50.6 Å². The molecule has 1 aliphatic rings. The second-order valence-electron chi connectivity index (χ2n) is 5.31. The van der Waals surface area contributed by atoms with E-state index in [1.54, 1.807) is 6.07 Å². The summed E-state index contributed by atoms with van der Waals surface area (Å²) in [6, 6.07) is 3.09. The Labute approximate surface area is 126 Å². The summed E-state index contributed by atoms with van der Waals surface area (Å²) < 4.78 is 32.5. The first kappa shape index (κ1) is 16.1. The van der Waals surface area contributed by atoms with Crippen LogP contribution in [0, 0.1) is 6.92 Å². The van der Waals surface area contributed by atoms with Gasteiger partial charge in [0.05, 0.1) is 7.11 Å². The van der Waals surface area contributed by atoms with Gasteiger partial charge in [-0.1, -0.05) is 0 Å². The summed E-state index contributed by atoms with van der Waals surface area (Å²) in [5, 5.41) is 0. The zero-order chi connectivity index (χ0) is 15.5. The molecule has 2 rings (SSSR count). The van der Waals surface area contributed by atoms with Crippen LogP contribution in [0.3, 0.4) is 0 Å². The fourth-order valence-corrected chi connectivity index (χ4v) is 3.67. The predicted octanol–water partition coefficient (Wildman–Crippen LogP) is 0.960. The molecular weight excluding hydrogens is 290 g/mol. The number of hydrogen-bond acceptors (Lipinski definition) is 5. The van der Waals surface area contributed by atoms with Crippen LogP contribution < -0.4 is 15.2 Å². The van der Waals surface area contributed by atoms with Gasteiger partial charge in [0, 0.05) is 18.8 Å².